The maximum Gasteiger partial charge on any atom is 0.408 e. The lowest BCUT2D eigenvalue weighted by molar-refractivity contribution is 0.0326. The number of amides is 1. The minimum Gasteiger partial charge on any atom is -0.444 e. The van der Waals surface area contributed by atoms with Gasteiger partial charge >= 0.3 is 6.09 Å². The second-order valence-corrected chi connectivity index (χ2v) is 7.21. The van der Waals surface area contributed by atoms with Crippen LogP contribution in [-0.4, -0.2) is 36.0 Å². The minimum atomic E-state index is -0.509. The maximum absolute atomic E-state index is 12.2. The smallest absolute Gasteiger partial charge is 0.408 e. The lowest BCUT2D eigenvalue weighted by Gasteiger charge is -2.49. The van der Waals surface area contributed by atoms with E-state index in [0.29, 0.717) is 6.04 Å². The summed E-state index contributed by atoms with van der Waals surface area (Å²) < 4.78 is 5.42. The number of hydrogen-bond donors (Lipinski definition) is 3. The van der Waals surface area contributed by atoms with Crippen molar-refractivity contribution in [1.82, 2.24) is 10.6 Å². The second-order valence-electron chi connectivity index (χ2n) is 7.21. The van der Waals surface area contributed by atoms with E-state index in [9.17, 15) is 4.79 Å². The molecule has 0 unspecified atom stereocenters. The fourth-order valence-corrected chi connectivity index (χ4v) is 2.98. The third kappa shape index (κ3) is 4.94. The van der Waals surface area contributed by atoms with Gasteiger partial charge in [-0.15, -0.1) is 0 Å². The highest BCUT2D eigenvalue weighted by molar-refractivity contribution is 5.69. The van der Waals surface area contributed by atoms with Crippen molar-refractivity contribution in [3.05, 3.63) is 35.9 Å². The summed E-state index contributed by atoms with van der Waals surface area (Å²) in [6.45, 7) is 6.57. The molecule has 0 saturated heterocycles. The molecule has 2 rings (SSSR count). The van der Waals surface area contributed by atoms with E-state index >= 15 is 0 Å². The van der Waals surface area contributed by atoms with Crippen LogP contribution in [-0.2, 0) is 10.3 Å². The zero-order valence-corrected chi connectivity index (χ0v) is 14.3. The Labute approximate surface area is 138 Å². The molecule has 0 radical (unpaired) electrons. The molecule has 1 aromatic rings. The van der Waals surface area contributed by atoms with Crippen molar-refractivity contribution in [2.75, 3.05) is 13.2 Å². The molecular formula is C18H28N2O3. The van der Waals surface area contributed by atoms with Gasteiger partial charge in [-0.05, 0) is 52.1 Å². The molecule has 5 heteroatoms. The van der Waals surface area contributed by atoms with Crippen LogP contribution in [0.15, 0.2) is 30.3 Å². The molecule has 1 aliphatic rings. The van der Waals surface area contributed by atoms with E-state index in [-0.39, 0.29) is 18.2 Å². The Bertz CT molecular complexity index is 505. The van der Waals surface area contributed by atoms with Crippen LogP contribution in [0.1, 0.15) is 45.6 Å². The number of nitrogens with one attached hydrogen (secondary N) is 2. The summed E-state index contributed by atoms with van der Waals surface area (Å²) in [5.41, 5.74) is 0.219. The Kier molecular flexibility index (Phi) is 5.65. The molecule has 0 heterocycles. The van der Waals surface area contributed by atoms with Gasteiger partial charge in [-0.25, -0.2) is 4.79 Å². The summed E-state index contributed by atoms with van der Waals surface area (Å²) in [5, 5.41) is 15.4. The van der Waals surface area contributed by atoms with E-state index < -0.39 is 5.60 Å². The summed E-state index contributed by atoms with van der Waals surface area (Å²) in [4.78, 5) is 12.2. The minimum absolute atomic E-state index is 0.194. The number of carbonyl (C=O) groups excluding carboxylic acids is 1. The summed E-state index contributed by atoms with van der Waals surface area (Å²) >= 11 is 0. The Hall–Kier alpha value is -1.59. The topological polar surface area (TPSA) is 70.6 Å². The number of benzene rings is 1. The number of ether oxygens (including phenoxy) is 1. The number of aliphatic hydroxyl groups is 1. The largest absolute Gasteiger partial charge is 0.444 e. The standard InChI is InChI=1S/C18H28N2O3/c1-17(2,3)23-16(22)20-18(14-8-5-4-6-9-14)12-15(13-18)19-10-7-11-21/h4-6,8-9,15,19,21H,7,10-13H2,1-3H3,(H,20,22). The molecule has 128 valence electrons. The molecule has 1 aliphatic carbocycles. The van der Waals surface area contributed by atoms with Crippen molar-refractivity contribution in [1.29, 1.82) is 0 Å². The van der Waals surface area contributed by atoms with Crippen LogP contribution < -0.4 is 10.6 Å². The van der Waals surface area contributed by atoms with Gasteiger partial charge in [0.2, 0.25) is 0 Å². The van der Waals surface area contributed by atoms with Crippen molar-refractivity contribution >= 4 is 6.09 Å². The first-order valence-corrected chi connectivity index (χ1v) is 8.26. The number of rotatable bonds is 6. The maximum atomic E-state index is 12.2. The zero-order chi connectivity index (χ0) is 16.9. The third-order valence-electron chi connectivity index (χ3n) is 4.02. The Morgan fingerprint density at radius 2 is 1.96 bits per heavy atom. The second kappa shape index (κ2) is 7.32. The van der Waals surface area contributed by atoms with Crippen molar-refractivity contribution < 1.29 is 14.6 Å². The van der Waals surface area contributed by atoms with Crippen molar-refractivity contribution in [2.45, 2.75) is 57.2 Å². The summed E-state index contributed by atoms with van der Waals surface area (Å²) in [5.74, 6) is 0. The van der Waals surface area contributed by atoms with Gasteiger partial charge in [-0.1, -0.05) is 30.3 Å². The molecule has 3 N–H and O–H groups in total. The predicted molar refractivity (Wildman–Crippen MR) is 90.2 cm³/mol. The van der Waals surface area contributed by atoms with Crippen LogP contribution >= 0.6 is 0 Å². The van der Waals surface area contributed by atoms with E-state index in [4.69, 9.17) is 9.84 Å². The van der Waals surface area contributed by atoms with E-state index in [1.54, 1.807) is 0 Å². The molecule has 5 nitrogen and oxygen atoms in total. The summed E-state index contributed by atoms with van der Waals surface area (Å²) in [6, 6.07) is 10.4. The molecule has 0 aromatic heterocycles. The number of carbonyl (C=O) groups is 1. The zero-order valence-electron chi connectivity index (χ0n) is 14.3. The molecule has 0 atom stereocenters. The normalized spacial score (nSPS) is 23.9. The fraction of sp³-hybridized carbons (Fsp3) is 0.611. The van der Waals surface area contributed by atoms with Crippen LogP contribution in [0.4, 0.5) is 4.79 Å². The molecule has 0 aliphatic heterocycles. The molecule has 23 heavy (non-hydrogen) atoms. The van der Waals surface area contributed by atoms with Crippen LogP contribution in [0.2, 0.25) is 0 Å². The monoisotopic (exact) mass is 320 g/mol. The molecule has 0 spiro atoms. The summed E-state index contributed by atoms with van der Waals surface area (Å²) in [7, 11) is 0. The lowest BCUT2D eigenvalue weighted by atomic mass is 9.68. The molecule has 0 bridgehead atoms. The highest BCUT2D eigenvalue weighted by atomic mass is 16.6. The highest BCUT2D eigenvalue weighted by Gasteiger charge is 2.47. The third-order valence-corrected chi connectivity index (χ3v) is 4.02. The molecule has 1 amide bonds. The van der Waals surface area contributed by atoms with Gasteiger partial charge in [0.1, 0.15) is 5.60 Å². The fourth-order valence-electron chi connectivity index (χ4n) is 2.98. The van der Waals surface area contributed by atoms with Gasteiger partial charge in [0.25, 0.3) is 0 Å². The quantitative estimate of drug-likeness (QED) is 0.705. The molecular weight excluding hydrogens is 292 g/mol. The first-order valence-electron chi connectivity index (χ1n) is 8.26. The Balaban J connectivity index is 2.02. The van der Waals surface area contributed by atoms with E-state index in [2.05, 4.69) is 10.6 Å². The van der Waals surface area contributed by atoms with Crippen LogP contribution in [0.5, 0.6) is 0 Å². The van der Waals surface area contributed by atoms with E-state index in [1.807, 2.05) is 51.1 Å². The lowest BCUT2D eigenvalue weighted by Crippen LogP contribution is -2.61. The first-order chi connectivity index (χ1) is 10.8. The van der Waals surface area contributed by atoms with Gasteiger partial charge in [0, 0.05) is 12.6 Å². The Morgan fingerprint density at radius 1 is 1.30 bits per heavy atom. The van der Waals surface area contributed by atoms with Gasteiger partial charge in [-0.3, -0.25) is 0 Å². The number of aliphatic hydroxyl groups excluding tert-OH is 1. The van der Waals surface area contributed by atoms with E-state index in [1.165, 1.54) is 0 Å². The van der Waals surface area contributed by atoms with Crippen LogP contribution in [0, 0.1) is 0 Å². The molecule has 1 saturated carbocycles. The molecule has 1 fully saturated rings. The van der Waals surface area contributed by atoms with Crippen LogP contribution in [0.3, 0.4) is 0 Å². The molecule has 1 aromatic carbocycles. The average Bonchev–Trinajstić information content (AvgIpc) is 2.43. The number of hydrogen-bond acceptors (Lipinski definition) is 4. The first kappa shape index (κ1) is 17.8. The summed E-state index contributed by atoms with van der Waals surface area (Å²) in [6.07, 6.45) is 2.01. The van der Waals surface area contributed by atoms with Crippen molar-refractivity contribution in [3.63, 3.8) is 0 Å². The highest BCUT2D eigenvalue weighted by Crippen LogP contribution is 2.41. The van der Waals surface area contributed by atoms with Crippen molar-refractivity contribution in [2.24, 2.45) is 0 Å². The number of alkyl carbamates (subject to hydrolysis) is 1. The SMILES string of the molecule is CC(C)(C)OC(=O)NC1(c2ccccc2)CC(NCCCO)C1. The van der Waals surface area contributed by atoms with Crippen LogP contribution in [0.25, 0.3) is 0 Å². The van der Waals surface area contributed by atoms with Gasteiger partial charge in [-0.2, -0.15) is 0 Å². The van der Waals surface area contributed by atoms with Gasteiger partial charge in [0.05, 0.1) is 5.54 Å². The van der Waals surface area contributed by atoms with Gasteiger partial charge in [0.15, 0.2) is 0 Å². The Morgan fingerprint density at radius 3 is 2.52 bits per heavy atom. The van der Waals surface area contributed by atoms with E-state index in [0.717, 1.165) is 31.4 Å². The van der Waals surface area contributed by atoms with Gasteiger partial charge < -0.3 is 20.5 Å². The predicted octanol–water partition coefficient (Wildman–Crippen LogP) is 2.54. The average molecular weight is 320 g/mol. The van der Waals surface area contributed by atoms with Crippen molar-refractivity contribution in [3.8, 4) is 0 Å².